The molecule has 0 aromatic carbocycles. The predicted octanol–water partition coefficient (Wildman–Crippen LogP) is 17.3. The summed E-state index contributed by atoms with van der Waals surface area (Å²) in [4.78, 5) is 37.7. The Kier molecular flexibility index (Phi) is 49.1. The average Bonchev–Trinajstić information content (AvgIpc) is 3.31. The first-order chi connectivity index (χ1) is 32.5. The summed E-state index contributed by atoms with van der Waals surface area (Å²) < 4.78 is 16.6. The number of unbranched alkanes of at least 4 members (excludes halogenated alkanes) is 9. The molecule has 1 unspecified atom stereocenters. The molecule has 0 heterocycles. The molecule has 0 aromatic heterocycles. The van der Waals surface area contributed by atoms with Crippen LogP contribution >= 0.6 is 0 Å². The van der Waals surface area contributed by atoms with E-state index in [1.807, 2.05) is 12.2 Å². The first-order valence-corrected chi connectivity index (χ1v) is 25.8. The normalized spacial score (nSPS) is 13.3. The first-order valence-electron chi connectivity index (χ1n) is 25.8. The molecule has 0 rings (SSSR count). The van der Waals surface area contributed by atoms with Gasteiger partial charge in [-0.05, 0) is 109 Å². The molecule has 368 valence electrons. The fourth-order valence-electron chi connectivity index (χ4n) is 6.29. The summed E-state index contributed by atoms with van der Waals surface area (Å²) in [5.41, 5.74) is 0. The van der Waals surface area contributed by atoms with Gasteiger partial charge >= 0.3 is 17.9 Å². The molecule has 0 aliphatic carbocycles. The Morgan fingerprint density at radius 1 is 0.318 bits per heavy atom. The van der Waals surface area contributed by atoms with E-state index in [1.165, 1.54) is 19.3 Å². The highest BCUT2D eigenvalue weighted by molar-refractivity contribution is 5.71. The van der Waals surface area contributed by atoms with E-state index >= 15 is 0 Å². The van der Waals surface area contributed by atoms with Gasteiger partial charge in [0, 0.05) is 19.3 Å². The maximum atomic E-state index is 12.7. The summed E-state index contributed by atoms with van der Waals surface area (Å²) in [7, 11) is 0. The summed E-state index contributed by atoms with van der Waals surface area (Å²) in [6.45, 7) is 6.23. The molecule has 0 N–H and O–H groups in total. The van der Waals surface area contributed by atoms with Gasteiger partial charge in [-0.15, -0.1) is 0 Å². The third-order valence-electron chi connectivity index (χ3n) is 10.1. The van der Waals surface area contributed by atoms with Gasteiger partial charge in [0.1, 0.15) is 13.2 Å². The minimum absolute atomic E-state index is 0.123. The Labute approximate surface area is 404 Å². The molecule has 0 spiro atoms. The van der Waals surface area contributed by atoms with Crippen LogP contribution in [0.15, 0.2) is 146 Å². The Morgan fingerprint density at radius 2 is 0.621 bits per heavy atom. The van der Waals surface area contributed by atoms with Crippen molar-refractivity contribution < 1.29 is 28.6 Å². The Bertz CT molecular complexity index is 1510. The zero-order valence-corrected chi connectivity index (χ0v) is 41.9. The minimum atomic E-state index is -0.832. The number of hydrogen-bond donors (Lipinski definition) is 0. The van der Waals surface area contributed by atoms with E-state index in [2.05, 4.69) is 154 Å². The predicted molar refractivity (Wildman–Crippen MR) is 283 cm³/mol. The summed E-state index contributed by atoms with van der Waals surface area (Å²) in [6, 6.07) is 0. The molecule has 66 heavy (non-hydrogen) atoms. The molecule has 0 aliphatic heterocycles. The lowest BCUT2D eigenvalue weighted by atomic mass is 10.1. The van der Waals surface area contributed by atoms with Crippen molar-refractivity contribution in [3.05, 3.63) is 146 Å². The number of ether oxygens (including phenoxy) is 3. The standard InChI is InChI=1S/C60H92O6/c1-4-7-10-13-16-18-20-22-24-26-28-29-30-31-33-34-36-38-40-42-44-47-50-53-59(62)65-56-57(55-64-58(61)52-49-46-15-12-9-6-3)66-60(63)54-51-48-45-43-41-39-37-35-32-27-25-23-21-19-17-14-11-8-5-2/h7-8,10-11,16-19,22-25,28-29,31-33,35-36,38-39,41,45,48,57H,4-6,9,12-15,20-21,26-27,30,34,37,40,42-44,46-47,49-56H2,1-3H3/b10-7-,11-8-,18-16-,19-17-,24-22-,25-23-,29-28-,33-31-,35-32-,38-36-,41-39-,48-45-. The lowest BCUT2D eigenvalue weighted by Crippen LogP contribution is -2.30. The number of carbonyl (C=O) groups is 3. The van der Waals surface area contributed by atoms with Crippen molar-refractivity contribution in [2.75, 3.05) is 13.2 Å². The SMILES string of the molecule is CC/C=C\C/C=C\C/C=C\C/C=C\C/C=C\C/C=C\CCCCCCC(=O)OCC(COC(=O)CCCCCCCC)OC(=O)CC/C=C\C/C=C\C/C=C\C/C=C\C/C=C\C/C=C\CC. The molecule has 0 saturated carbocycles. The van der Waals surface area contributed by atoms with Gasteiger partial charge in [-0.1, -0.05) is 212 Å². The third-order valence-corrected chi connectivity index (χ3v) is 10.1. The van der Waals surface area contributed by atoms with Crippen LogP contribution < -0.4 is 0 Å². The Hall–Kier alpha value is -4.71. The van der Waals surface area contributed by atoms with Crippen LogP contribution in [0.2, 0.25) is 0 Å². The van der Waals surface area contributed by atoms with Crippen LogP contribution in [0.5, 0.6) is 0 Å². The highest BCUT2D eigenvalue weighted by Gasteiger charge is 2.19. The van der Waals surface area contributed by atoms with Crippen LogP contribution in [0.25, 0.3) is 0 Å². The first kappa shape index (κ1) is 61.3. The molecular weight excluding hydrogens is 817 g/mol. The highest BCUT2D eigenvalue weighted by Crippen LogP contribution is 2.11. The number of rotatable bonds is 44. The van der Waals surface area contributed by atoms with Gasteiger partial charge in [0.05, 0.1) is 0 Å². The van der Waals surface area contributed by atoms with Crippen LogP contribution in [-0.4, -0.2) is 37.2 Å². The van der Waals surface area contributed by atoms with Crippen molar-refractivity contribution >= 4 is 17.9 Å². The van der Waals surface area contributed by atoms with Gasteiger partial charge in [0.2, 0.25) is 0 Å². The van der Waals surface area contributed by atoms with Crippen molar-refractivity contribution in [1.29, 1.82) is 0 Å². The average molecular weight is 909 g/mol. The molecule has 0 saturated heterocycles. The van der Waals surface area contributed by atoms with Crippen molar-refractivity contribution in [3.8, 4) is 0 Å². The van der Waals surface area contributed by atoms with Gasteiger partial charge in [0.15, 0.2) is 6.10 Å². The molecule has 0 aromatic rings. The summed E-state index contributed by atoms with van der Waals surface area (Å²) in [5, 5.41) is 0. The smallest absolute Gasteiger partial charge is 0.306 e. The summed E-state index contributed by atoms with van der Waals surface area (Å²) >= 11 is 0. The molecule has 0 radical (unpaired) electrons. The monoisotopic (exact) mass is 909 g/mol. The zero-order chi connectivity index (χ0) is 47.9. The van der Waals surface area contributed by atoms with Gasteiger partial charge in [-0.2, -0.15) is 0 Å². The molecule has 6 heteroatoms. The highest BCUT2D eigenvalue weighted by atomic mass is 16.6. The fourth-order valence-corrected chi connectivity index (χ4v) is 6.29. The van der Waals surface area contributed by atoms with Crippen LogP contribution in [0, 0.1) is 0 Å². The van der Waals surface area contributed by atoms with E-state index in [9.17, 15) is 14.4 Å². The number of esters is 3. The molecule has 6 nitrogen and oxygen atoms in total. The summed E-state index contributed by atoms with van der Waals surface area (Å²) in [6.07, 6.45) is 75.8. The number of carbonyl (C=O) groups excluding carboxylic acids is 3. The van der Waals surface area contributed by atoms with E-state index in [4.69, 9.17) is 14.2 Å². The maximum absolute atomic E-state index is 12.7. The van der Waals surface area contributed by atoms with Crippen LogP contribution in [0.4, 0.5) is 0 Å². The van der Waals surface area contributed by atoms with Gasteiger partial charge in [-0.25, -0.2) is 0 Å². The van der Waals surface area contributed by atoms with E-state index in [0.29, 0.717) is 19.3 Å². The lowest BCUT2D eigenvalue weighted by Gasteiger charge is -2.18. The minimum Gasteiger partial charge on any atom is -0.462 e. The number of hydrogen-bond acceptors (Lipinski definition) is 6. The van der Waals surface area contributed by atoms with Crippen LogP contribution in [0.1, 0.15) is 194 Å². The van der Waals surface area contributed by atoms with Gasteiger partial charge < -0.3 is 14.2 Å². The van der Waals surface area contributed by atoms with E-state index in [1.54, 1.807) is 0 Å². The molecule has 1 atom stereocenters. The van der Waals surface area contributed by atoms with Crippen LogP contribution in [-0.2, 0) is 28.6 Å². The largest absolute Gasteiger partial charge is 0.462 e. The van der Waals surface area contributed by atoms with E-state index < -0.39 is 12.1 Å². The lowest BCUT2D eigenvalue weighted by molar-refractivity contribution is -0.166. The fraction of sp³-hybridized carbons (Fsp3) is 0.550. The van der Waals surface area contributed by atoms with Crippen molar-refractivity contribution in [1.82, 2.24) is 0 Å². The second-order valence-electron chi connectivity index (χ2n) is 16.3. The molecule has 0 fully saturated rings. The van der Waals surface area contributed by atoms with Crippen LogP contribution in [0.3, 0.4) is 0 Å². The third kappa shape index (κ3) is 50.3. The van der Waals surface area contributed by atoms with Gasteiger partial charge in [-0.3, -0.25) is 14.4 Å². The van der Waals surface area contributed by atoms with Crippen molar-refractivity contribution in [2.24, 2.45) is 0 Å². The Morgan fingerprint density at radius 3 is 0.985 bits per heavy atom. The summed E-state index contributed by atoms with van der Waals surface area (Å²) in [5.74, 6) is -1.06. The molecule has 0 amide bonds. The maximum Gasteiger partial charge on any atom is 0.306 e. The van der Waals surface area contributed by atoms with E-state index in [0.717, 1.165) is 128 Å². The van der Waals surface area contributed by atoms with Crippen molar-refractivity contribution in [3.63, 3.8) is 0 Å². The van der Waals surface area contributed by atoms with Gasteiger partial charge in [0.25, 0.3) is 0 Å². The molecule has 0 aliphatic rings. The molecular formula is C60H92O6. The number of allylic oxidation sites excluding steroid dienone is 24. The molecule has 0 bridgehead atoms. The second-order valence-corrected chi connectivity index (χ2v) is 16.3. The zero-order valence-electron chi connectivity index (χ0n) is 41.9. The Balaban J connectivity index is 4.41. The topological polar surface area (TPSA) is 78.9 Å². The van der Waals surface area contributed by atoms with Crippen molar-refractivity contribution in [2.45, 2.75) is 200 Å². The quantitative estimate of drug-likeness (QED) is 0.0262. The second kappa shape index (κ2) is 52.9. The van der Waals surface area contributed by atoms with E-state index in [-0.39, 0.29) is 31.6 Å².